The maximum Gasteiger partial charge on any atom is 0.267 e. The number of fused-ring (bicyclic) bond motifs is 1. The second-order valence-electron chi connectivity index (χ2n) is 6.31. The van der Waals surface area contributed by atoms with Crippen LogP contribution in [-0.4, -0.2) is 41.6 Å². The lowest BCUT2D eigenvalue weighted by atomic mass is 9.98. The largest absolute Gasteiger partial charge is 0.485 e. The molecule has 5 nitrogen and oxygen atoms in total. The van der Waals surface area contributed by atoms with Crippen LogP contribution < -0.4 is 9.47 Å². The Morgan fingerprint density at radius 1 is 1.33 bits per heavy atom. The first-order valence-corrected chi connectivity index (χ1v) is 9.18. The monoisotopic (exact) mass is 344 g/mol. The molecule has 2 aliphatic heterocycles. The zero-order valence-corrected chi connectivity index (χ0v) is 14.4. The van der Waals surface area contributed by atoms with Crippen LogP contribution in [0.3, 0.4) is 0 Å². The summed E-state index contributed by atoms with van der Waals surface area (Å²) in [4.78, 5) is 19.4. The maximum absolute atomic E-state index is 12.8. The number of amides is 1. The van der Waals surface area contributed by atoms with Gasteiger partial charge in [-0.1, -0.05) is 12.1 Å². The van der Waals surface area contributed by atoms with Crippen molar-refractivity contribution in [3.63, 3.8) is 0 Å². The Morgan fingerprint density at radius 2 is 2.17 bits per heavy atom. The average molecular weight is 344 g/mol. The highest BCUT2D eigenvalue weighted by Gasteiger charge is 2.34. The summed E-state index contributed by atoms with van der Waals surface area (Å²) in [5, 5.41) is 3.21. The van der Waals surface area contributed by atoms with Crippen LogP contribution in [0.25, 0.3) is 0 Å². The first-order valence-electron chi connectivity index (χ1n) is 8.30. The molecule has 0 aliphatic carbocycles. The normalized spacial score (nSPS) is 23.1. The lowest BCUT2D eigenvalue weighted by molar-refractivity contribution is -0.142. The Labute approximate surface area is 145 Å². The van der Waals surface area contributed by atoms with Gasteiger partial charge in [-0.05, 0) is 31.9 Å². The number of benzene rings is 1. The minimum atomic E-state index is -0.559. The molecule has 1 aromatic heterocycles. The molecule has 0 bridgehead atoms. The van der Waals surface area contributed by atoms with Gasteiger partial charge in [0.25, 0.3) is 5.91 Å². The van der Waals surface area contributed by atoms with E-state index < -0.39 is 6.10 Å². The molecule has 4 rings (SSSR count). The number of para-hydroxylation sites is 2. The van der Waals surface area contributed by atoms with Crippen molar-refractivity contribution in [2.24, 2.45) is 0 Å². The molecule has 1 saturated heterocycles. The molecule has 1 fully saturated rings. The molecule has 3 heterocycles. The lowest BCUT2D eigenvalue weighted by Gasteiger charge is -2.35. The molecule has 24 heavy (non-hydrogen) atoms. The first kappa shape index (κ1) is 15.4. The van der Waals surface area contributed by atoms with Crippen molar-refractivity contribution >= 4 is 17.2 Å². The molecule has 0 saturated carbocycles. The summed E-state index contributed by atoms with van der Waals surface area (Å²) in [6, 6.07) is 7.48. The molecular formula is C18H20N2O3S. The Hall–Kier alpha value is -2.08. The highest BCUT2D eigenvalue weighted by atomic mass is 32.1. The van der Waals surface area contributed by atoms with E-state index in [-0.39, 0.29) is 12.5 Å². The average Bonchev–Trinajstić information content (AvgIpc) is 3.07. The fraction of sp³-hybridized carbons (Fsp3) is 0.444. The number of likely N-dealkylation sites (tertiary alicyclic amines) is 1. The fourth-order valence-electron chi connectivity index (χ4n) is 3.28. The van der Waals surface area contributed by atoms with E-state index in [0.29, 0.717) is 24.0 Å². The Morgan fingerprint density at radius 3 is 2.96 bits per heavy atom. The van der Waals surface area contributed by atoms with Gasteiger partial charge in [-0.2, -0.15) is 0 Å². The highest BCUT2D eigenvalue weighted by Crippen LogP contribution is 2.33. The van der Waals surface area contributed by atoms with E-state index in [1.165, 1.54) is 0 Å². The van der Waals surface area contributed by atoms with Crippen molar-refractivity contribution in [2.75, 3.05) is 19.7 Å². The summed E-state index contributed by atoms with van der Waals surface area (Å²) in [5.74, 6) is 1.70. The van der Waals surface area contributed by atoms with Crippen LogP contribution >= 0.6 is 11.3 Å². The summed E-state index contributed by atoms with van der Waals surface area (Å²) in [7, 11) is 0. The summed E-state index contributed by atoms with van der Waals surface area (Å²) in [5.41, 5.74) is 1.05. The van der Waals surface area contributed by atoms with Gasteiger partial charge in [-0.15, -0.1) is 11.3 Å². The van der Waals surface area contributed by atoms with Gasteiger partial charge in [0.05, 0.1) is 5.01 Å². The van der Waals surface area contributed by atoms with Crippen molar-refractivity contribution in [2.45, 2.75) is 31.8 Å². The standard InChI is InChI=1S/C18H20N2O3S/c1-12-11-24-17(19-12)13-5-4-8-20(9-13)18(21)16-10-22-14-6-2-3-7-15(14)23-16/h2-3,6-7,11,13,16H,4-5,8-10H2,1H3/t13-,16-/m0/s1. The van der Waals surface area contributed by atoms with E-state index in [4.69, 9.17) is 9.47 Å². The van der Waals surface area contributed by atoms with Gasteiger partial charge in [0.2, 0.25) is 6.10 Å². The van der Waals surface area contributed by atoms with Crippen LogP contribution in [-0.2, 0) is 4.79 Å². The predicted molar refractivity (Wildman–Crippen MR) is 91.8 cm³/mol. The van der Waals surface area contributed by atoms with Gasteiger partial charge in [0.15, 0.2) is 11.5 Å². The van der Waals surface area contributed by atoms with Gasteiger partial charge in [-0.3, -0.25) is 4.79 Å². The zero-order valence-electron chi connectivity index (χ0n) is 13.6. The number of carbonyl (C=O) groups excluding carboxylic acids is 1. The number of aryl methyl sites for hydroxylation is 1. The maximum atomic E-state index is 12.8. The molecule has 1 amide bonds. The van der Waals surface area contributed by atoms with Crippen molar-refractivity contribution in [1.29, 1.82) is 0 Å². The number of hydrogen-bond acceptors (Lipinski definition) is 5. The third-order valence-electron chi connectivity index (χ3n) is 4.50. The molecule has 2 aliphatic rings. The van der Waals surface area contributed by atoms with E-state index in [1.54, 1.807) is 11.3 Å². The smallest absolute Gasteiger partial charge is 0.267 e. The van der Waals surface area contributed by atoms with E-state index >= 15 is 0 Å². The Kier molecular flexibility index (Phi) is 4.14. The highest BCUT2D eigenvalue weighted by molar-refractivity contribution is 7.09. The summed E-state index contributed by atoms with van der Waals surface area (Å²) < 4.78 is 11.5. The van der Waals surface area contributed by atoms with Crippen LogP contribution in [0.4, 0.5) is 0 Å². The first-order chi connectivity index (χ1) is 11.7. The van der Waals surface area contributed by atoms with Gasteiger partial charge in [0.1, 0.15) is 6.61 Å². The molecule has 0 unspecified atom stereocenters. The summed E-state index contributed by atoms with van der Waals surface area (Å²) >= 11 is 1.69. The van der Waals surface area contributed by atoms with E-state index in [0.717, 1.165) is 30.1 Å². The van der Waals surface area contributed by atoms with Crippen molar-refractivity contribution in [3.8, 4) is 11.5 Å². The quantitative estimate of drug-likeness (QED) is 0.840. The molecule has 0 spiro atoms. The van der Waals surface area contributed by atoms with E-state index in [9.17, 15) is 4.79 Å². The molecule has 6 heteroatoms. The number of rotatable bonds is 2. The topological polar surface area (TPSA) is 51.7 Å². The number of carbonyl (C=O) groups is 1. The van der Waals surface area contributed by atoms with Gasteiger partial charge in [-0.25, -0.2) is 4.98 Å². The third-order valence-corrected chi connectivity index (χ3v) is 5.63. The molecule has 126 valence electrons. The van der Waals surface area contributed by atoms with Gasteiger partial charge < -0.3 is 14.4 Å². The van der Waals surface area contributed by atoms with Gasteiger partial charge in [0, 0.05) is 30.1 Å². The fourth-order valence-corrected chi connectivity index (χ4v) is 4.21. The van der Waals surface area contributed by atoms with Crippen LogP contribution in [0.5, 0.6) is 11.5 Å². The molecular weight excluding hydrogens is 324 g/mol. The SMILES string of the molecule is Cc1csc([C@H]2CCCN(C(=O)[C@@H]3COc4ccccc4O3)C2)n1. The van der Waals surface area contributed by atoms with Crippen molar-refractivity contribution < 1.29 is 14.3 Å². The lowest BCUT2D eigenvalue weighted by Crippen LogP contribution is -2.49. The van der Waals surface area contributed by atoms with E-state index in [1.807, 2.05) is 36.1 Å². The summed E-state index contributed by atoms with van der Waals surface area (Å²) in [6.45, 7) is 3.78. The minimum Gasteiger partial charge on any atom is -0.485 e. The number of ether oxygens (including phenoxy) is 2. The molecule has 2 aromatic rings. The minimum absolute atomic E-state index is 0.0162. The number of aromatic nitrogens is 1. The Balaban J connectivity index is 1.45. The number of piperidine rings is 1. The van der Waals surface area contributed by atoms with Gasteiger partial charge >= 0.3 is 0 Å². The summed E-state index contributed by atoms with van der Waals surface area (Å²) in [6.07, 6.45) is 1.53. The van der Waals surface area contributed by atoms with Crippen LogP contribution in [0.1, 0.15) is 29.5 Å². The molecule has 0 N–H and O–H groups in total. The van der Waals surface area contributed by atoms with E-state index in [2.05, 4.69) is 10.4 Å². The zero-order chi connectivity index (χ0) is 16.5. The predicted octanol–water partition coefficient (Wildman–Crippen LogP) is 3.00. The van der Waals surface area contributed by atoms with Crippen LogP contribution in [0.2, 0.25) is 0 Å². The number of thiazole rings is 1. The molecule has 1 aromatic carbocycles. The Bertz CT molecular complexity index is 745. The molecule has 0 radical (unpaired) electrons. The third kappa shape index (κ3) is 2.98. The number of hydrogen-bond donors (Lipinski definition) is 0. The number of nitrogens with zero attached hydrogens (tertiary/aromatic N) is 2. The van der Waals surface area contributed by atoms with Crippen molar-refractivity contribution in [3.05, 3.63) is 40.3 Å². The molecule has 2 atom stereocenters. The van der Waals surface area contributed by atoms with Crippen molar-refractivity contribution in [1.82, 2.24) is 9.88 Å². The van der Waals surface area contributed by atoms with Crippen LogP contribution in [0.15, 0.2) is 29.6 Å². The van der Waals surface area contributed by atoms with Crippen LogP contribution in [0, 0.1) is 6.92 Å². The second-order valence-corrected chi connectivity index (χ2v) is 7.20. The second kappa shape index (κ2) is 6.43.